The second-order valence-corrected chi connectivity index (χ2v) is 4.23. The van der Waals surface area contributed by atoms with Crippen LogP contribution in [0.3, 0.4) is 0 Å². The predicted molar refractivity (Wildman–Crippen MR) is 67.6 cm³/mol. The molecule has 0 aliphatic heterocycles. The van der Waals surface area contributed by atoms with Crippen LogP contribution in [0.5, 0.6) is 0 Å². The Balaban J connectivity index is 0.000000181. The summed E-state index contributed by atoms with van der Waals surface area (Å²) < 4.78 is 0. The summed E-state index contributed by atoms with van der Waals surface area (Å²) in [5.74, 6) is -0.988. The zero-order chi connectivity index (χ0) is 12.8. The lowest BCUT2D eigenvalue weighted by molar-refractivity contribution is 0.0698. The average Bonchev–Trinajstić information content (AvgIpc) is 2.63. The number of benzene rings is 1. The molecule has 2 atom stereocenters. The van der Waals surface area contributed by atoms with Crippen LogP contribution in [0.25, 0.3) is 0 Å². The standard InChI is InChI=1S/C7H7NO2.C5H12N2/c8-6-4-2-1-3-5(6)7(9)10;6-4-1-2-5(7)3-4/h1-4H,8H2,(H,9,10);4-5H,1-3,6-7H2/t;4-,5+. The van der Waals surface area contributed by atoms with E-state index in [1.165, 1.54) is 6.07 Å². The number of anilines is 1. The van der Waals surface area contributed by atoms with Gasteiger partial charge in [-0.05, 0) is 31.4 Å². The van der Waals surface area contributed by atoms with Crippen LogP contribution < -0.4 is 17.2 Å². The van der Waals surface area contributed by atoms with Gasteiger partial charge in [0.25, 0.3) is 0 Å². The summed E-state index contributed by atoms with van der Waals surface area (Å²) in [4.78, 5) is 10.3. The van der Waals surface area contributed by atoms with E-state index in [1.807, 2.05) is 0 Å². The highest BCUT2D eigenvalue weighted by atomic mass is 16.4. The number of hydrogen-bond acceptors (Lipinski definition) is 4. The number of carbonyl (C=O) groups is 1. The van der Waals surface area contributed by atoms with Gasteiger partial charge >= 0.3 is 5.97 Å². The van der Waals surface area contributed by atoms with Crippen molar-refractivity contribution in [2.75, 3.05) is 5.73 Å². The highest BCUT2D eigenvalue weighted by Crippen LogP contribution is 2.14. The van der Waals surface area contributed by atoms with Gasteiger partial charge in [-0.2, -0.15) is 0 Å². The summed E-state index contributed by atoms with van der Waals surface area (Å²) >= 11 is 0. The SMILES string of the molecule is N[C@@H]1CC[C@H](N)C1.Nc1ccccc1C(=O)O. The predicted octanol–water partition coefficient (Wildman–Crippen LogP) is 0.792. The Morgan fingerprint density at radius 3 is 2.00 bits per heavy atom. The van der Waals surface area contributed by atoms with Crippen LogP contribution >= 0.6 is 0 Å². The van der Waals surface area contributed by atoms with Gasteiger partial charge in [0.05, 0.1) is 5.56 Å². The first-order valence-electron chi connectivity index (χ1n) is 5.59. The summed E-state index contributed by atoms with van der Waals surface area (Å²) in [5, 5.41) is 8.49. The van der Waals surface area contributed by atoms with E-state index in [9.17, 15) is 4.79 Å². The molecule has 2 rings (SSSR count). The zero-order valence-corrected chi connectivity index (χ0v) is 9.67. The van der Waals surface area contributed by atoms with Crippen LogP contribution in [0.2, 0.25) is 0 Å². The number of rotatable bonds is 1. The van der Waals surface area contributed by atoms with Crippen molar-refractivity contribution in [3.8, 4) is 0 Å². The van der Waals surface area contributed by atoms with Gasteiger partial charge < -0.3 is 22.3 Å². The minimum atomic E-state index is -0.988. The van der Waals surface area contributed by atoms with Crippen molar-refractivity contribution in [3.63, 3.8) is 0 Å². The Morgan fingerprint density at radius 1 is 1.18 bits per heavy atom. The van der Waals surface area contributed by atoms with Gasteiger partial charge in [0.1, 0.15) is 0 Å². The molecule has 0 heterocycles. The molecule has 1 aromatic rings. The monoisotopic (exact) mass is 237 g/mol. The molecule has 1 saturated carbocycles. The number of para-hydroxylation sites is 1. The molecule has 7 N–H and O–H groups in total. The van der Waals surface area contributed by atoms with E-state index in [-0.39, 0.29) is 5.56 Å². The maximum atomic E-state index is 10.3. The molecule has 0 amide bonds. The molecule has 0 bridgehead atoms. The summed E-state index contributed by atoms with van der Waals surface area (Å²) in [5.41, 5.74) is 16.9. The molecule has 1 aliphatic carbocycles. The van der Waals surface area contributed by atoms with E-state index in [0.29, 0.717) is 17.8 Å². The molecule has 1 aliphatic rings. The van der Waals surface area contributed by atoms with Gasteiger partial charge in [0.15, 0.2) is 0 Å². The Kier molecular flexibility index (Phi) is 4.93. The Morgan fingerprint density at radius 2 is 1.71 bits per heavy atom. The topological polar surface area (TPSA) is 115 Å². The summed E-state index contributed by atoms with van der Waals surface area (Å²) in [6.07, 6.45) is 3.28. The molecule has 17 heavy (non-hydrogen) atoms. The van der Waals surface area contributed by atoms with E-state index >= 15 is 0 Å². The lowest BCUT2D eigenvalue weighted by Gasteiger charge is -1.97. The normalized spacial score (nSPS) is 22.7. The molecule has 0 unspecified atom stereocenters. The third-order valence-electron chi connectivity index (χ3n) is 2.70. The van der Waals surface area contributed by atoms with Crippen molar-refractivity contribution in [2.24, 2.45) is 11.5 Å². The minimum absolute atomic E-state index is 0.155. The fourth-order valence-corrected chi connectivity index (χ4v) is 1.74. The van der Waals surface area contributed by atoms with Crippen LogP contribution in [0.4, 0.5) is 5.69 Å². The fraction of sp³-hybridized carbons (Fsp3) is 0.417. The summed E-state index contributed by atoms with van der Waals surface area (Å²) in [7, 11) is 0. The van der Waals surface area contributed by atoms with Gasteiger partial charge in [0, 0.05) is 17.8 Å². The van der Waals surface area contributed by atoms with Gasteiger partial charge in [-0.15, -0.1) is 0 Å². The Bertz CT molecular complexity index is 374. The third-order valence-corrected chi connectivity index (χ3v) is 2.70. The fourth-order valence-electron chi connectivity index (χ4n) is 1.74. The Labute approximate surface area is 101 Å². The van der Waals surface area contributed by atoms with E-state index in [2.05, 4.69) is 0 Å². The van der Waals surface area contributed by atoms with Gasteiger partial charge in [-0.3, -0.25) is 0 Å². The zero-order valence-electron chi connectivity index (χ0n) is 9.67. The lowest BCUT2D eigenvalue weighted by atomic mass is 10.2. The van der Waals surface area contributed by atoms with E-state index in [0.717, 1.165) is 19.3 Å². The second kappa shape index (κ2) is 6.22. The number of hydrogen-bond donors (Lipinski definition) is 4. The molecule has 0 saturated heterocycles. The maximum Gasteiger partial charge on any atom is 0.337 e. The molecule has 94 valence electrons. The smallest absolute Gasteiger partial charge is 0.337 e. The van der Waals surface area contributed by atoms with Crippen LogP contribution in [-0.4, -0.2) is 23.2 Å². The van der Waals surface area contributed by atoms with Gasteiger partial charge in [0.2, 0.25) is 0 Å². The van der Waals surface area contributed by atoms with Crippen molar-refractivity contribution >= 4 is 11.7 Å². The first-order chi connectivity index (χ1) is 8.00. The third kappa shape index (κ3) is 4.42. The quantitative estimate of drug-likeness (QED) is 0.539. The highest BCUT2D eigenvalue weighted by molar-refractivity contribution is 5.93. The number of nitrogens with two attached hydrogens (primary N) is 3. The molecule has 0 aromatic heterocycles. The second-order valence-electron chi connectivity index (χ2n) is 4.23. The molecule has 1 fully saturated rings. The van der Waals surface area contributed by atoms with Crippen molar-refractivity contribution in [1.29, 1.82) is 0 Å². The molecule has 5 heteroatoms. The van der Waals surface area contributed by atoms with E-state index in [4.69, 9.17) is 22.3 Å². The molecule has 1 aromatic carbocycles. The number of nitrogen functional groups attached to an aromatic ring is 1. The summed E-state index contributed by atoms with van der Waals surface area (Å²) in [6.45, 7) is 0. The van der Waals surface area contributed by atoms with Crippen LogP contribution in [0, 0.1) is 0 Å². The van der Waals surface area contributed by atoms with Crippen molar-refractivity contribution in [3.05, 3.63) is 29.8 Å². The molecule has 0 spiro atoms. The maximum absolute atomic E-state index is 10.3. The largest absolute Gasteiger partial charge is 0.478 e. The van der Waals surface area contributed by atoms with E-state index in [1.54, 1.807) is 18.2 Å². The van der Waals surface area contributed by atoms with E-state index < -0.39 is 5.97 Å². The molecular formula is C12H19N3O2. The minimum Gasteiger partial charge on any atom is -0.478 e. The highest BCUT2D eigenvalue weighted by Gasteiger charge is 2.16. The number of carboxylic acid groups (broad SMARTS) is 1. The van der Waals surface area contributed by atoms with Gasteiger partial charge in [-0.1, -0.05) is 12.1 Å². The Hall–Kier alpha value is -1.59. The molecule has 5 nitrogen and oxygen atoms in total. The van der Waals surface area contributed by atoms with Crippen molar-refractivity contribution in [1.82, 2.24) is 0 Å². The van der Waals surface area contributed by atoms with Crippen LogP contribution in [0.1, 0.15) is 29.6 Å². The molecular weight excluding hydrogens is 218 g/mol. The van der Waals surface area contributed by atoms with Crippen molar-refractivity contribution in [2.45, 2.75) is 31.3 Å². The number of aromatic carboxylic acids is 1. The first kappa shape index (κ1) is 13.5. The molecule has 0 radical (unpaired) electrons. The first-order valence-corrected chi connectivity index (χ1v) is 5.59. The average molecular weight is 237 g/mol. The summed E-state index contributed by atoms with van der Waals surface area (Å²) in [6, 6.07) is 7.16. The number of carboxylic acids is 1. The van der Waals surface area contributed by atoms with Crippen molar-refractivity contribution < 1.29 is 9.90 Å². The van der Waals surface area contributed by atoms with Crippen LogP contribution in [0.15, 0.2) is 24.3 Å². The van der Waals surface area contributed by atoms with Crippen LogP contribution in [-0.2, 0) is 0 Å². The lowest BCUT2D eigenvalue weighted by Crippen LogP contribution is -2.20. The van der Waals surface area contributed by atoms with Gasteiger partial charge in [-0.25, -0.2) is 4.79 Å².